The Kier molecular flexibility index (Phi) is 5.59. The number of nitrogens with zero attached hydrogens (tertiary/aromatic N) is 3. The second-order valence-electron chi connectivity index (χ2n) is 6.09. The molecule has 0 unspecified atom stereocenters. The minimum absolute atomic E-state index is 0.0949. The smallest absolute Gasteiger partial charge is 0.317 e. The highest BCUT2D eigenvalue weighted by atomic mass is 16.5. The molecule has 6 nitrogen and oxygen atoms in total. The molecule has 1 aliphatic carbocycles. The van der Waals surface area contributed by atoms with Crippen LogP contribution in [0, 0.1) is 5.92 Å². The van der Waals surface area contributed by atoms with E-state index in [9.17, 15) is 4.79 Å². The van der Waals surface area contributed by atoms with Crippen LogP contribution in [0.4, 0.5) is 4.79 Å². The number of carbonyl (C=O) groups is 1. The van der Waals surface area contributed by atoms with E-state index >= 15 is 0 Å². The van der Waals surface area contributed by atoms with Crippen LogP contribution in [0.15, 0.2) is 4.52 Å². The molecule has 1 aromatic heterocycles. The van der Waals surface area contributed by atoms with Gasteiger partial charge in [-0.15, -0.1) is 0 Å². The maximum Gasteiger partial charge on any atom is 0.317 e. The predicted octanol–water partition coefficient (Wildman–Crippen LogP) is 2.91. The first-order valence-corrected chi connectivity index (χ1v) is 7.91. The maximum atomic E-state index is 12.0. The van der Waals surface area contributed by atoms with Crippen LogP contribution >= 0.6 is 0 Å². The summed E-state index contributed by atoms with van der Waals surface area (Å²) < 4.78 is 5.33. The molecule has 0 saturated heterocycles. The SMILES string of the molecule is CC[C@H](C)CNC(=O)N(C)Cc1noc(C2CCCC2)n1. The number of hydrogen-bond acceptors (Lipinski definition) is 4. The quantitative estimate of drug-likeness (QED) is 0.875. The zero-order valence-corrected chi connectivity index (χ0v) is 13.3. The highest BCUT2D eigenvalue weighted by Crippen LogP contribution is 2.32. The minimum atomic E-state index is -0.0949. The fourth-order valence-electron chi connectivity index (χ4n) is 2.50. The van der Waals surface area contributed by atoms with E-state index < -0.39 is 0 Å². The second kappa shape index (κ2) is 7.43. The summed E-state index contributed by atoms with van der Waals surface area (Å²) in [5, 5.41) is 6.90. The summed E-state index contributed by atoms with van der Waals surface area (Å²) >= 11 is 0. The van der Waals surface area contributed by atoms with Crippen LogP contribution in [-0.4, -0.2) is 34.7 Å². The third-order valence-corrected chi connectivity index (χ3v) is 4.21. The largest absolute Gasteiger partial charge is 0.339 e. The number of urea groups is 1. The molecule has 1 aliphatic rings. The Morgan fingerprint density at radius 3 is 2.86 bits per heavy atom. The van der Waals surface area contributed by atoms with E-state index in [-0.39, 0.29) is 6.03 Å². The summed E-state index contributed by atoms with van der Waals surface area (Å²) in [5.74, 6) is 2.21. The van der Waals surface area contributed by atoms with Crippen molar-refractivity contribution in [1.29, 1.82) is 0 Å². The summed E-state index contributed by atoms with van der Waals surface area (Å²) in [7, 11) is 1.75. The second-order valence-corrected chi connectivity index (χ2v) is 6.09. The molecule has 6 heteroatoms. The molecule has 1 saturated carbocycles. The molecule has 0 aromatic carbocycles. The van der Waals surface area contributed by atoms with Gasteiger partial charge in [-0.25, -0.2) is 4.79 Å². The van der Waals surface area contributed by atoms with Crippen molar-refractivity contribution in [2.24, 2.45) is 5.92 Å². The molecule has 2 rings (SSSR count). The van der Waals surface area contributed by atoms with E-state index in [1.165, 1.54) is 12.8 Å². The lowest BCUT2D eigenvalue weighted by atomic mass is 10.1. The highest BCUT2D eigenvalue weighted by molar-refractivity contribution is 5.73. The first-order chi connectivity index (χ1) is 10.1. The number of aromatic nitrogens is 2. The van der Waals surface area contributed by atoms with Crippen LogP contribution in [0.5, 0.6) is 0 Å². The van der Waals surface area contributed by atoms with Gasteiger partial charge in [-0.3, -0.25) is 0 Å². The molecule has 0 bridgehead atoms. The Morgan fingerprint density at radius 2 is 2.19 bits per heavy atom. The van der Waals surface area contributed by atoms with Crippen molar-refractivity contribution < 1.29 is 9.32 Å². The van der Waals surface area contributed by atoms with Crippen molar-refractivity contribution in [2.45, 2.75) is 58.4 Å². The lowest BCUT2D eigenvalue weighted by Gasteiger charge is -2.17. The van der Waals surface area contributed by atoms with Gasteiger partial charge in [-0.1, -0.05) is 38.3 Å². The van der Waals surface area contributed by atoms with Crippen molar-refractivity contribution >= 4 is 6.03 Å². The van der Waals surface area contributed by atoms with Gasteiger partial charge in [-0.2, -0.15) is 4.98 Å². The van der Waals surface area contributed by atoms with Gasteiger partial charge in [0.15, 0.2) is 5.82 Å². The van der Waals surface area contributed by atoms with Gasteiger partial charge < -0.3 is 14.7 Å². The topological polar surface area (TPSA) is 71.3 Å². The third kappa shape index (κ3) is 4.44. The number of rotatable bonds is 6. The molecule has 1 atom stereocenters. The van der Waals surface area contributed by atoms with Crippen molar-refractivity contribution in [2.75, 3.05) is 13.6 Å². The molecule has 2 amide bonds. The molecular weight excluding hydrogens is 268 g/mol. The van der Waals surface area contributed by atoms with Crippen LogP contribution < -0.4 is 5.32 Å². The standard InChI is InChI=1S/C15H26N4O2/c1-4-11(2)9-16-15(20)19(3)10-13-17-14(21-18-13)12-7-5-6-8-12/h11-12H,4-10H2,1-3H3,(H,16,20)/t11-/m0/s1. The van der Waals surface area contributed by atoms with E-state index in [1.807, 2.05) is 0 Å². The van der Waals surface area contributed by atoms with E-state index in [4.69, 9.17) is 4.52 Å². The van der Waals surface area contributed by atoms with Gasteiger partial charge in [0.05, 0.1) is 6.54 Å². The molecular formula is C15H26N4O2. The van der Waals surface area contributed by atoms with Crippen molar-refractivity contribution in [3.63, 3.8) is 0 Å². The summed E-state index contributed by atoms with van der Waals surface area (Å²) in [6, 6.07) is -0.0949. The summed E-state index contributed by atoms with van der Waals surface area (Å²) in [6.07, 6.45) is 5.79. The van der Waals surface area contributed by atoms with E-state index in [2.05, 4.69) is 29.3 Å². The van der Waals surface area contributed by atoms with Gasteiger partial charge in [0.2, 0.25) is 5.89 Å². The Morgan fingerprint density at radius 1 is 1.48 bits per heavy atom. The highest BCUT2D eigenvalue weighted by Gasteiger charge is 2.23. The average Bonchev–Trinajstić information content (AvgIpc) is 3.14. The van der Waals surface area contributed by atoms with Gasteiger partial charge >= 0.3 is 6.03 Å². The Labute approximate surface area is 126 Å². The lowest BCUT2D eigenvalue weighted by Crippen LogP contribution is -2.39. The number of carbonyl (C=O) groups excluding carboxylic acids is 1. The van der Waals surface area contributed by atoms with Crippen LogP contribution in [0.1, 0.15) is 63.6 Å². The van der Waals surface area contributed by atoms with Crippen molar-refractivity contribution in [3.05, 3.63) is 11.7 Å². The normalized spacial score (nSPS) is 16.9. The number of amides is 2. The monoisotopic (exact) mass is 294 g/mol. The Hall–Kier alpha value is -1.59. The third-order valence-electron chi connectivity index (χ3n) is 4.21. The van der Waals surface area contributed by atoms with Gasteiger partial charge in [0, 0.05) is 19.5 Å². The van der Waals surface area contributed by atoms with Crippen LogP contribution in [0.3, 0.4) is 0 Å². The zero-order valence-electron chi connectivity index (χ0n) is 13.3. The van der Waals surface area contributed by atoms with Crippen molar-refractivity contribution in [3.8, 4) is 0 Å². The molecule has 118 valence electrons. The summed E-state index contributed by atoms with van der Waals surface area (Å²) in [4.78, 5) is 18.0. The average molecular weight is 294 g/mol. The first-order valence-electron chi connectivity index (χ1n) is 7.91. The lowest BCUT2D eigenvalue weighted by molar-refractivity contribution is 0.203. The Bertz CT molecular complexity index is 454. The van der Waals surface area contributed by atoms with E-state index in [0.717, 1.165) is 25.2 Å². The van der Waals surface area contributed by atoms with Gasteiger partial charge in [-0.05, 0) is 18.8 Å². The summed E-state index contributed by atoms with van der Waals surface area (Å²) in [6.45, 7) is 5.31. The van der Waals surface area contributed by atoms with Gasteiger partial charge in [0.25, 0.3) is 0 Å². The van der Waals surface area contributed by atoms with Gasteiger partial charge in [0.1, 0.15) is 0 Å². The molecule has 0 radical (unpaired) electrons. The van der Waals surface area contributed by atoms with Crippen molar-refractivity contribution in [1.82, 2.24) is 20.4 Å². The Balaban J connectivity index is 1.81. The zero-order chi connectivity index (χ0) is 15.2. The number of nitrogens with one attached hydrogen (secondary N) is 1. The minimum Gasteiger partial charge on any atom is -0.339 e. The molecule has 0 spiro atoms. The fourth-order valence-corrected chi connectivity index (χ4v) is 2.50. The fraction of sp³-hybridized carbons (Fsp3) is 0.800. The van der Waals surface area contributed by atoms with E-state index in [0.29, 0.717) is 30.7 Å². The molecule has 1 heterocycles. The predicted molar refractivity (Wildman–Crippen MR) is 79.8 cm³/mol. The number of hydrogen-bond donors (Lipinski definition) is 1. The first kappa shape index (κ1) is 15.8. The molecule has 1 fully saturated rings. The van der Waals surface area contributed by atoms with Crippen LogP contribution in [-0.2, 0) is 6.54 Å². The van der Waals surface area contributed by atoms with E-state index in [1.54, 1.807) is 11.9 Å². The van der Waals surface area contributed by atoms with Crippen LogP contribution in [0.2, 0.25) is 0 Å². The maximum absolute atomic E-state index is 12.0. The molecule has 1 aromatic rings. The molecule has 1 N–H and O–H groups in total. The summed E-state index contributed by atoms with van der Waals surface area (Å²) in [5.41, 5.74) is 0. The molecule has 0 aliphatic heterocycles. The van der Waals surface area contributed by atoms with Crippen LogP contribution in [0.25, 0.3) is 0 Å². The molecule has 21 heavy (non-hydrogen) atoms.